The van der Waals surface area contributed by atoms with Gasteiger partial charge in [0.25, 0.3) is 0 Å². The summed E-state index contributed by atoms with van der Waals surface area (Å²) in [5, 5.41) is 15.2. The molecule has 21 heavy (non-hydrogen) atoms. The van der Waals surface area contributed by atoms with E-state index in [0.29, 0.717) is 17.9 Å². The average molecular weight is 299 g/mol. The highest BCUT2D eigenvalue weighted by Crippen LogP contribution is 2.22. The molecule has 106 valence electrons. The van der Waals surface area contributed by atoms with Gasteiger partial charge in [-0.1, -0.05) is 12.1 Å². The topological polar surface area (TPSA) is 75.1 Å². The lowest BCUT2D eigenvalue weighted by Crippen LogP contribution is -2.09. The van der Waals surface area contributed by atoms with Crippen LogP contribution >= 0.6 is 11.3 Å². The minimum Gasteiger partial charge on any atom is -0.475 e. The number of carboxylic acid groups (broad SMARTS) is 1. The third-order valence-corrected chi connectivity index (χ3v) is 4.20. The zero-order valence-electron chi connectivity index (χ0n) is 11.3. The van der Waals surface area contributed by atoms with Crippen molar-refractivity contribution < 1.29 is 9.90 Å². The largest absolute Gasteiger partial charge is 0.475 e. The van der Waals surface area contributed by atoms with Gasteiger partial charge < -0.3 is 10.4 Å². The van der Waals surface area contributed by atoms with Gasteiger partial charge in [0.2, 0.25) is 5.82 Å². The van der Waals surface area contributed by atoms with Crippen molar-refractivity contribution in [2.45, 2.75) is 13.5 Å². The first-order chi connectivity index (χ1) is 10.1. The van der Waals surface area contributed by atoms with E-state index in [1.807, 2.05) is 30.5 Å². The Hall–Kier alpha value is -2.47. The van der Waals surface area contributed by atoms with E-state index >= 15 is 0 Å². The number of para-hydroxylation sites is 1. The minimum absolute atomic E-state index is 0.195. The summed E-state index contributed by atoms with van der Waals surface area (Å²) in [6.45, 7) is 2.66. The zero-order valence-corrected chi connectivity index (χ0v) is 12.1. The Kier molecular flexibility index (Phi) is 3.53. The summed E-state index contributed by atoms with van der Waals surface area (Å²) in [6, 6.07) is 9.43. The molecular formula is C15H13N3O2S. The van der Waals surface area contributed by atoms with Crippen LogP contribution in [0.1, 0.15) is 21.1 Å². The third-order valence-electron chi connectivity index (χ3n) is 3.18. The minimum atomic E-state index is -1.13. The SMILES string of the molecule is Cc1ccsc1CNc1nc(C(=O)O)nc2ccccc12. The molecule has 5 nitrogen and oxygen atoms in total. The van der Waals surface area contributed by atoms with Gasteiger partial charge in [-0.05, 0) is 36.1 Å². The number of carbonyl (C=O) groups is 1. The van der Waals surface area contributed by atoms with Crippen molar-refractivity contribution in [1.82, 2.24) is 9.97 Å². The molecule has 6 heteroatoms. The van der Waals surface area contributed by atoms with Crippen molar-refractivity contribution in [2.24, 2.45) is 0 Å². The maximum Gasteiger partial charge on any atom is 0.374 e. The van der Waals surface area contributed by atoms with Crippen molar-refractivity contribution in [2.75, 3.05) is 5.32 Å². The monoisotopic (exact) mass is 299 g/mol. The Bertz CT molecular complexity index is 814. The summed E-state index contributed by atoms with van der Waals surface area (Å²) >= 11 is 1.66. The summed E-state index contributed by atoms with van der Waals surface area (Å²) in [6.07, 6.45) is 0. The number of nitrogens with one attached hydrogen (secondary N) is 1. The molecule has 0 bridgehead atoms. The number of fused-ring (bicyclic) bond motifs is 1. The van der Waals surface area contributed by atoms with Crippen LogP contribution < -0.4 is 5.32 Å². The molecule has 1 aromatic carbocycles. The van der Waals surface area contributed by atoms with Crippen LogP contribution in [-0.4, -0.2) is 21.0 Å². The molecule has 2 N–H and O–H groups in total. The van der Waals surface area contributed by atoms with E-state index in [9.17, 15) is 4.79 Å². The fourth-order valence-corrected chi connectivity index (χ4v) is 2.90. The zero-order chi connectivity index (χ0) is 14.8. The number of thiophene rings is 1. The van der Waals surface area contributed by atoms with E-state index in [1.165, 1.54) is 10.4 Å². The molecule has 3 aromatic rings. The van der Waals surface area contributed by atoms with Gasteiger partial charge in [-0.15, -0.1) is 11.3 Å². The standard InChI is InChI=1S/C15H13N3O2S/c1-9-6-7-21-12(9)8-16-13-10-4-2-3-5-11(10)17-14(18-13)15(19)20/h2-7H,8H2,1H3,(H,19,20)(H,16,17,18). The Labute approximate surface area is 125 Å². The first-order valence-electron chi connectivity index (χ1n) is 6.42. The number of aromatic nitrogens is 2. The Morgan fingerprint density at radius 1 is 1.29 bits per heavy atom. The molecule has 0 fully saturated rings. The van der Waals surface area contributed by atoms with Crippen LogP contribution in [0.15, 0.2) is 35.7 Å². The van der Waals surface area contributed by atoms with Crippen LogP contribution in [-0.2, 0) is 6.54 Å². The smallest absolute Gasteiger partial charge is 0.374 e. The van der Waals surface area contributed by atoms with Crippen LogP contribution in [0.4, 0.5) is 5.82 Å². The predicted molar refractivity (Wildman–Crippen MR) is 82.9 cm³/mol. The quantitative estimate of drug-likeness (QED) is 0.773. The first-order valence-corrected chi connectivity index (χ1v) is 7.30. The van der Waals surface area contributed by atoms with Gasteiger partial charge in [0.15, 0.2) is 0 Å². The first kappa shape index (κ1) is 13.5. The van der Waals surface area contributed by atoms with Gasteiger partial charge in [-0.2, -0.15) is 0 Å². The second-order valence-electron chi connectivity index (χ2n) is 4.60. The van der Waals surface area contributed by atoms with Crippen LogP contribution in [0.3, 0.4) is 0 Å². The van der Waals surface area contributed by atoms with Crippen molar-refractivity contribution in [3.05, 3.63) is 52.0 Å². The fourth-order valence-electron chi connectivity index (χ4n) is 2.06. The van der Waals surface area contributed by atoms with E-state index < -0.39 is 5.97 Å². The lowest BCUT2D eigenvalue weighted by atomic mass is 10.2. The van der Waals surface area contributed by atoms with E-state index in [-0.39, 0.29) is 5.82 Å². The molecule has 2 aromatic heterocycles. The number of aromatic carboxylic acids is 1. The lowest BCUT2D eigenvalue weighted by molar-refractivity contribution is 0.0684. The highest BCUT2D eigenvalue weighted by atomic mass is 32.1. The molecule has 0 saturated carbocycles. The number of nitrogens with zero attached hydrogens (tertiary/aromatic N) is 2. The van der Waals surface area contributed by atoms with E-state index in [2.05, 4.69) is 21.4 Å². The average Bonchev–Trinajstić information content (AvgIpc) is 2.89. The van der Waals surface area contributed by atoms with Gasteiger partial charge in [-0.3, -0.25) is 0 Å². The second-order valence-corrected chi connectivity index (χ2v) is 5.60. The van der Waals surface area contributed by atoms with Gasteiger partial charge in [-0.25, -0.2) is 14.8 Å². The number of carboxylic acids is 1. The van der Waals surface area contributed by atoms with Gasteiger partial charge >= 0.3 is 5.97 Å². The molecule has 0 atom stereocenters. The lowest BCUT2D eigenvalue weighted by Gasteiger charge is -2.09. The molecule has 0 amide bonds. The van der Waals surface area contributed by atoms with Crippen molar-refractivity contribution >= 4 is 34.0 Å². The van der Waals surface area contributed by atoms with Crippen molar-refractivity contribution in [3.63, 3.8) is 0 Å². The van der Waals surface area contributed by atoms with Crippen LogP contribution in [0.2, 0.25) is 0 Å². The summed E-state index contributed by atoms with van der Waals surface area (Å²) in [5.74, 6) is -0.777. The molecule has 3 rings (SSSR count). The van der Waals surface area contributed by atoms with E-state index in [0.717, 1.165) is 5.39 Å². The highest BCUT2D eigenvalue weighted by molar-refractivity contribution is 7.10. The maximum absolute atomic E-state index is 11.1. The van der Waals surface area contributed by atoms with Crippen LogP contribution in [0, 0.1) is 6.92 Å². The number of anilines is 1. The number of aryl methyl sites for hydroxylation is 1. The molecule has 0 radical (unpaired) electrons. The van der Waals surface area contributed by atoms with E-state index in [4.69, 9.17) is 5.11 Å². The second kappa shape index (κ2) is 5.49. The molecule has 0 aliphatic carbocycles. The number of rotatable bonds is 4. The molecule has 2 heterocycles. The molecule has 0 spiro atoms. The normalized spacial score (nSPS) is 10.7. The fraction of sp³-hybridized carbons (Fsp3) is 0.133. The highest BCUT2D eigenvalue weighted by Gasteiger charge is 2.12. The third kappa shape index (κ3) is 2.71. The molecule has 0 aliphatic heterocycles. The van der Waals surface area contributed by atoms with Crippen molar-refractivity contribution in [1.29, 1.82) is 0 Å². The van der Waals surface area contributed by atoms with Gasteiger partial charge in [0.1, 0.15) is 5.82 Å². The van der Waals surface area contributed by atoms with Crippen molar-refractivity contribution in [3.8, 4) is 0 Å². The maximum atomic E-state index is 11.1. The predicted octanol–water partition coefficient (Wildman–Crippen LogP) is 3.31. The van der Waals surface area contributed by atoms with Crippen LogP contribution in [0.5, 0.6) is 0 Å². The van der Waals surface area contributed by atoms with Gasteiger partial charge in [0, 0.05) is 10.3 Å². The molecule has 0 saturated heterocycles. The molecule has 0 unspecified atom stereocenters. The Balaban J connectivity index is 1.99. The summed E-state index contributed by atoms with van der Waals surface area (Å²) in [4.78, 5) is 20.5. The molecular weight excluding hydrogens is 286 g/mol. The van der Waals surface area contributed by atoms with Gasteiger partial charge in [0.05, 0.1) is 12.1 Å². The van der Waals surface area contributed by atoms with Crippen LogP contribution in [0.25, 0.3) is 10.9 Å². The number of benzene rings is 1. The Morgan fingerprint density at radius 2 is 2.10 bits per heavy atom. The number of hydrogen-bond acceptors (Lipinski definition) is 5. The van der Waals surface area contributed by atoms with E-state index in [1.54, 1.807) is 17.4 Å². The number of hydrogen-bond donors (Lipinski definition) is 2. The Morgan fingerprint density at radius 3 is 2.81 bits per heavy atom. The summed E-state index contributed by atoms with van der Waals surface area (Å²) < 4.78 is 0. The summed E-state index contributed by atoms with van der Waals surface area (Å²) in [7, 11) is 0. The molecule has 0 aliphatic rings. The summed E-state index contributed by atoms with van der Waals surface area (Å²) in [5.41, 5.74) is 1.83.